The molecule has 3 heteroatoms. The van der Waals surface area contributed by atoms with Gasteiger partial charge in [0, 0.05) is 18.0 Å². The monoisotopic (exact) mass is 291 g/mol. The first kappa shape index (κ1) is 13.5. The highest BCUT2D eigenvalue weighted by atomic mass is 15.2. The number of likely N-dealkylation sites (tertiary alicyclic amines) is 1. The van der Waals surface area contributed by atoms with Crippen LogP contribution in [0.4, 0.5) is 0 Å². The number of aryl methyl sites for hydroxylation is 1. The van der Waals surface area contributed by atoms with Gasteiger partial charge in [0.1, 0.15) is 5.65 Å². The Balaban J connectivity index is 1.89. The molecule has 2 aromatic heterocycles. The quantitative estimate of drug-likeness (QED) is 0.709. The molecule has 0 radical (unpaired) electrons. The predicted octanol–water partition coefficient (Wildman–Crippen LogP) is 4.08. The van der Waals surface area contributed by atoms with Gasteiger partial charge in [-0.05, 0) is 50.6 Å². The third-order valence-electron chi connectivity index (χ3n) is 4.65. The zero-order valence-corrected chi connectivity index (χ0v) is 13.2. The minimum Gasteiger partial charge on any atom is -0.306 e. The van der Waals surface area contributed by atoms with E-state index in [1.807, 2.05) is 0 Å². The summed E-state index contributed by atoms with van der Waals surface area (Å²) in [7, 11) is 2.20. The van der Waals surface area contributed by atoms with Crippen molar-refractivity contribution in [1.29, 1.82) is 0 Å². The van der Waals surface area contributed by atoms with Gasteiger partial charge in [-0.15, -0.1) is 0 Å². The molecule has 3 nitrogen and oxygen atoms in total. The Bertz CT molecular complexity index is 804. The standard InChI is InChI=1S/C19H21N3/c1-14-11-16(15-7-4-3-5-8-15)19-20-17(13-22(19)12-14)18-9-6-10-21(18)2/h3-5,7-8,11-13,18H,6,9-10H2,1-2H3/t18-/m0/s1. The van der Waals surface area contributed by atoms with Crippen LogP contribution < -0.4 is 0 Å². The van der Waals surface area contributed by atoms with Crippen LogP contribution >= 0.6 is 0 Å². The van der Waals surface area contributed by atoms with Crippen molar-refractivity contribution in [1.82, 2.24) is 14.3 Å². The highest BCUT2D eigenvalue weighted by Crippen LogP contribution is 2.32. The molecule has 1 aliphatic rings. The van der Waals surface area contributed by atoms with Crippen LogP contribution in [-0.2, 0) is 0 Å². The highest BCUT2D eigenvalue weighted by Gasteiger charge is 2.25. The first-order chi connectivity index (χ1) is 10.7. The topological polar surface area (TPSA) is 20.5 Å². The summed E-state index contributed by atoms with van der Waals surface area (Å²) >= 11 is 0. The molecule has 1 aliphatic heterocycles. The normalized spacial score (nSPS) is 19.1. The van der Waals surface area contributed by atoms with E-state index in [9.17, 15) is 0 Å². The number of rotatable bonds is 2. The molecule has 0 unspecified atom stereocenters. The van der Waals surface area contributed by atoms with Gasteiger partial charge in [-0.25, -0.2) is 4.98 Å². The van der Waals surface area contributed by atoms with Gasteiger partial charge in [-0.3, -0.25) is 4.90 Å². The lowest BCUT2D eigenvalue weighted by molar-refractivity contribution is 0.313. The minimum absolute atomic E-state index is 0.462. The minimum atomic E-state index is 0.462. The van der Waals surface area contributed by atoms with Gasteiger partial charge in [-0.2, -0.15) is 0 Å². The van der Waals surface area contributed by atoms with Crippen LogP contribution in [0.25, 0.3) is 16.8 Å². The average molecular weight is 291 g/mol. The number of benzene rings is 1. The lowest BCUT2D eigenvalue weighted by Gasteiger charge is -2.16. The molecule has 0 spiro atoms. The SMILES string of the molecule is Cc1cc(-c2ccccc2)c2nc([C@@H]3CCCN3C)cn2c1. The van der Waals surface area contributed by atoms with E-state index in [-0.39, 0.29) is 0 Å². The molecular formula is C19H21N3. The summed E-state index contributed by atoms with van der Waals surface area (Å²) < 4.78 is 2.19. The Morgan fingerprint density at radius 3 is 2.68 bits per heavy atom. The summed E-state index contributed by atoms with van der Waals surface area (Å²) in [4.78, 5) is 7.40. The van der Waals surface area contributed by atoms with E-state index in [0.717, 1.165) is 5.65 Å². The van der Waals surface area contributed by atoms with E-state index < -0.39 is 0 Å². The molecule has 0 aliphatic carbocycles. The average Bonchev–Trinajstić information content (AvgIpc) is 3.12. The molecule has 0 amide bonds. The third-order valence-corrected chi connectivity index (χ3v) is 4.65. The summed E-state index contributed by atoms with van der Waals surface area (Å²) in [6.45, 7) is 3.32. The van der Waals surface area contributed by atoms with Gasteiger partial charge in [0.15, 0.2) is 0 Å². The second-order valence-electron chi connectivity index (χ2n) is 6.33. The van der Waals surface area contributed by atoms with Gasteiger partial charge in [0.05, 0.1) is 11.7 Å². The fourth-order valence-corrected chi connectivity index (χ4v) is 3.53. The van der Waals surface area contributed by atoms with Crippen LogP contribution in [0.3, 0.4) is 0 Å². The van der Waals surface area contributed by atoms with E-state index in [4.69, 9.17) is 4.98 Å². The number of fused-ring (bicyclic) bond motifs is 1. The van der Waals surface area contributed by atoms with Crippen LogP contribution in [0, 0.1) is 6.92 Å². The van der Waals surface area contributed by atoms with Crippen LogP contribution in [0.15, 0.2) is 48.8 Å². The van der Waals surface area contributed by atoms with Crippen LogP contribution in [0.2, 0.25) is 0 Å². The molecule has 1 atom stereocenters. The van der Waals surface area contributed by atoms with E-state index >= 15 is 0 Å². The van der Waals surface area contributed by atoms with E-state index in [2.05, 4.69) is 72.1 Å². The third kappa shape index (κ3) is 2.22. The smallest absolute Gasteiger partial charge is 0.145 e. The molecule has 1 aromatic carbocycles. The Morgan fingerprint density at radius 1 is 1.14 bits per heavy atom. The maximum atomic E-state index is 4.98. The first-order valence-corrected chi connectivity index (χ1v) is 7.97. The van der Waals surface area contributed by atoms with Crippen molar-refractivity contribution in [3.05, 3.63) is 60.0 Å². The van der Waals surface area contributed by atoms with Gasteiger partial charge in [-0.1, -0.05) is 30.3 Å². The molecule has 112 valence electrons. The fourth-order valence-electron chi connectivity index (χ4n) is 3.53. The van der Waals surface area contributed by atoms with Gasteiger partial charge in [0.25, 0.3) is 0 Å². The zero-order chi connectivity index (χ0) is 15.1. The van der Waals surface area contributed by atoms with E-state index in [1.54, 1.807) is 0 Å². The number of aromatic nitrogens is 2. The largest absolute Gasteiger partial charge is 0.306 e. The van der Waals surface area contributed by atoms with E-state index in [0.29, 0.717) is 6.04 Å². The van der Waals surface area contributed by atoms with Crippen molar-refractivity contribution < 1.29 is 0 Å². The van der Waals surface area contributed by atoms with Crippen LogP contribution in [-0.4, -0.2) is 27.9 Å². The maximum Gasteiger partial charge on any atom is 0.145 e. The summed E-state index contributed by atoms with van der Waals surface area (Å²) in [5.41, 5.74) is 5.96. The van der Waals surface area contributed by atoms with Crippen molar-refractivity contribution in [2.75, 3.05) is 13.6 Å². The van der Waals surface area contributed by atoms with Crippen molar-refractivity contribution in [3.8, 4) is 11.1 Å². The van der Waals surface area contributed by atoms with Gasteiger partial charge < -0.3 is 4.40 Å². The Kier molecular flexibility index (Phi) is 3.23. The number of nitrogens with zero attached hydrogens (tertiary/aromatic N) is 3. The first-order valence-electron chi connectivity index (χ1n) is 7.97. The van der Waals surface area contributed by atoms with Gasteiger partial charge >= 0.3 is 0 Å². The molecule has 4 rings (SSSR count). The Morgan fingerprint density at radius 2 is 1.95 bits per heavy atom. The fraction of sp³-hybridized carbons (Fsp3) is 0.316. The molecule has 1 fully saturated rings. The Hall–Kier alpha value is -2.13. The number of pyridine rings is 1. The van der Waals surface area contributed by atoms with Crippen molar-refractivity contribution >= 4 is 5.65 Å². The molecule has 0 bridgehead atoms. The molecule has 3 aromatic rings. The molecule has 0 N–H and O–H groups in total. The lowest BCUT2D eigenvalue weighted by atomic mass is 10.1. The summed E-state index contributed by atoms with van der Waals surface area (Å²) in [6.07, 6.45) is 6.86. The summed E-state index contributed by atoms with van der Waals surface area (Å²) in [6, 6.07) is 13.2. The van der Waals surface area contributed by atoms with Crippen molar-refractivity contribution in [2.24, 2.45) is 0 Å². The highest BCUT2D eigenvalue weighted by molar-refractivity contribution is 5.78. The van der Waals surface area contributed by atoms with Crippen molar-refractivity contribution in [3.63, 3.8) is 0 Å². The zero-order valence-electron chi connectivity index (χ0n) is 13.2. The predicted molar refractivity (Wildman–Crippen MR) is 90.0 cm³/mol. The number of hydrogen-bond acceptors (Lipinski definition) is 2. The second-order valence-corrected chi connectivity index (χ2v) is 6.33. The number of hydrogen-bond donors (Lipinski definition) is 0. The van der Waals surface area contributed by atoms with Crippen LogP contribution in [0.1, 0.15) is 30.1 Å². The second kappa shape index (κ2) is 5.25. The maximum absolute atomic E-state index is 4.98. The molecule has 0 saturated carbocycles. The number of imidazole rings is 1. The Labute approximate surface area is 131 Å². The van der Waals surface area contributed by atoms with E-state index in [1.165, 1.54) is 41.8 Å². The molecule has 22 heavy (non-hydrogen) atoms. The molecular weight excluding hydrogens is 270 g/mol. The van der Waals surface area contributed by atoms with Gasteiger partial charge in [0.2, 0.25) is 0 Å². The van der Waals surface area contributed by atoms with Crippen molar-refractivity contribution in [2.45, 2.75) is 25.8 Å². The summed E-state index contributed by atoms with van der Waals surface area (Å²) in [5.74, 6) is 0. The van der Waals surface area contributed by atoms with Crippen LogP contribution in [0.5, 0.6) is 0 Å². The lowest BCUT2D eigenvalue weighted by Crippen LogP contribution is -2.17. The molecule has 3 heterocycles. The molecule has 1 saturated heterocycles. The summed E-state index contributed by atoms with van der Waals surface area (Å²) in [5, 5.41) is 0.